The Hall–Kier alpha value is -2.39. The molecule has 3 heteroatoms. The Morgan fingerprint density at radius 1 is 1.09 bits per heavy atom. The Labute approximate surface area is 138 Å². The van der Waals surface area contributed by atoms with Crippen LogP contribution in [0.25, 0.3) is 0 Å². The van der Waals surface area contributed by atoms with Gasteiger partial charge in [-0.05, 0) is 43.9 Å². The molecule has 120 valence electrons. The fraction of sp³-hybridized carbons (Fsp3) is 0.250. The highest BCUT2D eigenvalue weighted by molar-refractivity contribution is 5.93. The first-order valence-electron chi connectivity index (χ1n) is 7.90. The van der Waals surface area contributed by atoms with Gasteiger partial charge < -0.3 is 0 Å². The molecule has 2 N–H and O–H groups in total. The number of carbonyl (C=O) groups excluding carboxylic acids is 1. The van der Waals surface area contributed by atoms with Crippen LogP contribution < -0.4 is 10.9 Å². The molecule has 23 heavy (non-hydrogen) atoms. The summed E-state index contributed by atoms with van der Waals surface area (Å²) in [4.78, 5) is 12.2. The molecule has 2 rings (SSSR count). The van der Waals surface area contributed by atoms with Crippen LogP contribution in [0.5, 0.6) is 0 Å². The van der Waals surface area contributed by atoms with Gasteiger partial charge in [-0.15, -0.1) is 6.58 Å². The fourth-order valence-electron chi connectivity index (χ4n) is 2.47. The molecule has 0 bridgehead atoms. The molecule has 0 saturated heterocycles. The van der Waals surface area contributed by atoms with Crippen molar-refractivity contribution in [2.24, 2.45) is 0 Å². The van der Waals surface area contributed by atoms with Crippen molar-refractivity contribution in [3.05, 3.63) is 84.4 Å². The van der Waals surface area contributed by atoms with E-state index >= 15 is 0 Å². The molecular formula is C20H24N2O. The average Bonchev–Trinajstić information content (AvgIpc) is 2.60. The monoisotopic (exact) mass is 308 g/mol. The van der Waals surface area contributed by atoms with Gasteiger partial charge in [0.05, 0.1) is 0 Å². The molecule has 3 nitrogen and oxygen atoms in total. The van der Waals surface area contributed by atoms with Crippen molar-refractivity contribution in [2.75, 3.05) is 0 Å². The van der Waals surface area contributed by atoms with Crippen LogP contribution in [0.4, 0.5) is 0 Å². The van der Waals surface area contributed by atoms with Crippen molar-refractivity contribution >= 4 is 5.91 Å². The lowest BCUT2D eigenvalue weighted by molar-refractivity contribution is 0.0904. The molecule has 2 aromatic carbocycles. The van der Waals surface area contributed by atoms with Crippen molar-refractivity contribution in [1.82, 2.24) is 10.9 Å². The maximum absolute atomic E-state index is 12.2. The summed E-state index contributed by atoms with van der Waals surface area (Å²) in [5.74, 6) is -0.124. The van der Waals surface area contributed by atoms with Crippen molar-refractivity contribution in [3.8, 4) is 0 Å². The third kappa shape index (κ3) is 5.38. The zero-order valence-corrected chi connectivity index (χ0v) is 13.6. The minimum Gasteiger partial charge on any atom is -0.287 e. The lowest BCUT2D eigenvalue weighted by Gasteiger charge is -2.30. The Balaban J connectivity index is 1.94. The number of carbonyl (C=O) groups is 1. The standard InChI is InChI=1S/C20H24N2O/c1-3-15-20(2,16-14-17-10-6-4-7-11-17)22-21-19(23)18-12-8-5-9-13-18/h3-13,22H,1,14-16H2,2H3,(H,21,23)/t20-/m0/s1. The number of amides is 1. The van der Waals surface area contributed by atoms with Crippen LogP contribution >= 0.6 is 0 Å². The third-order valence-electron chi connectivity index (χ3n) is 3.92. The molecule has 0 spiro atoms. The van der Waals surface area contributed by atoms with Gasteiger partial charge in [0.25, 0.3) is 5.91 Å². The Morgan fingerprint density at radius 3 is 2.30 bits per heavy atom. The van der Waals surface area contributed by atoms with Crippen molar-refractivity contribution in [2.45, 2.75) is 31.7 Å². The van der Waals surface area contributed by atoms with E-state index in [0.29, 0.717) is 5.56 Å². The smallest absolute Gasteiger partial charge is 0.265 e. The normalized spacial score (nSPS) is 13.1. The molecular weight excluding hydrogens is 284 g/mol. The summed E-state index contributed by atoms with van der Waals surface area (Å²) in [5, 5.41) is 0. The largest absolute Gasteiger partial charge is 0.287 e. The maximum atomic E-state index is 12.2. The molecule has 2 aromatic rings. The molecule has 0 heterocycles. The van der Waals surface area contributed by atoms with E-state index in [1.807, 2.05) is 42.5 Å². The van der Waals surface area contributed by atoms with Crippen LogP contribution in [0.1, 0.15) is 35.7 Å². The first kappa shape index (κ1) is 17.0. The van der Waals surface area contributed by atoms with Crippen LogP contribution in [0, 0.1) is 0 Å². The van der Waals surface area contributed by atoms with E-state index in [2.05, 4.69) is 36.5 Å². The molecule has 0 aliphatic rings. The first-order chi connectivity index (χ1) is 11.1. The van der Waals surface area contributed by atoms with E-state index in [0.717, 1.165) is 19.3 Å². The van der Waals surface area contributed by atoms with Gasteiger partial charge in [-0.3, -0.25) is 10.2 Å². The average molecular weight is 308 g/mol. The predicted octanol–water partition coefficient (Wildman–Crippen LogP) is 3.89. The topological polar surface area (TPSA) is 41.1 Å². The maximum Gasteiger partial charge on any atom is 0.265 e. The highest BCUT2D eigenvalue weighted by Crippen LogP contribution is 2.18. The van der Waals surface area contributed by atoms with Crippen LogP contribution in [-0.4, -0.2) is 11.4 Å². The molecule has 0 radical (unpaired) electrons. The Bertz CT molecular complexity index is 625. The van der Waals surface area contributed by atoms with Crippen molar-refractivity contribution < 1.29 is 4.79 Å². The van der Waals surface area contributed by atoms with Crippen LogP contribution in [0.3, 0.4) is 0 Å². The minimum atomic E-state index is -0.234. The number of hydrazine groups is 1. The van der Waals surface area contributed by atoms with Crippen molar-refractivity contribution in [3.63, 3.8) is 0 Å². The lowest BCUT2D eigenvalue weighted by Crippen LogP contribution is -2.52. The van der Waals surface area contributed by atoms with E-state index in [4.69, 9.17) is 0 Å². The lowest BCUT2D eigenvalue weighted by atomic mass is 9.90. The van der Waals surface area contributed by atoms with Gasteiger partial charge in [0, 0.05) is 11.1 Å². The molecule has 1 atom stereocenters. The zero-order chi connectivity index (χ0) is 16.5. The summed E-state index contributed by atoms with van der Waals surface area (Å²) in [6.07, 6.45) is 4.50. The molecule has 0 aliphatic heterocycles. The van der Waals surface area contributed by atoms with E-state index < -0.39 is 0 Å². The van der Waals surface area contributed by atoms with Crippen LogP contribution in [-0.2, 0) is 6.42 Å². The van der Waals surface area contributed by atoms with Gasteiger partial charge in [0.1, 0.15) is 0 Å². The Kier molecular flexibility index (Phi) is 6.12. The van der Waals surface area contributed by atoms with Gasteiger partial charge >= 0.3 is 0 Å². The van der Waals surface area contributed by atoms with Crippen LogP contribution in [0.15, 0.2) is 73.3 Å². The summed E-state index contributed by atoms with van der Waals surface area (Å²) in [6.45, 7) is 5.93. The second kappa shape index (κ2) is 8.30. The molecule has 0 saturated carbocycles. The molecule has 0 fully saturated rings. The molecule has 0 aromatic heterocycles. The fourth-order valence-corrected chi connectivity index (χ4v) is 2.47. The SMILES string of the molecule is C=CC[C@@](C)(CCc1ccccc1)NNC(=O)c1ccccc1. The highest BCUT2D eigenvalue weighted by Gasteiger charge is 2.23. The summed E-state index contributed by atoms with van der Waals surface area (Å²) < 4.78 is 0. The quantitative estimate of drug-likeness (QED) is 0.574. The van der Waals surface area contributed by atoms with Gasteiger partial charge in [0.15, 0.2) is 0 Å². The summed E-state index contributed by atoms with van der Waals surface area (Å²) in [7, 11) is 0. The van der Waals surface area contributed by atoms with Crippen LogP contribution in [0.2, 0.25) is 0 Å². The van der Waals surface area contributed by atoms with Gasteiger partial charge in [-0.25, -0.2) is 5.43 Å². The number of hydrogen-bond acceptors (Lipinski definition) is 2. The summed E-state index contributed by atoms with van der Waals surface area (Å²) >= 11 is 0. The molecule has 0 unspecified atom stereocenters. The minimum absolute atomic E-state index is 0.124. The number of benzene rings is 2. The van der Waals surface area contributed by atoms with Gasteiger partial charge in [0.2, 0.25) is 0 Å². The number of nitrogens with one attached hydrogen (secondary N) is 2. The molecule has 0 aliphatic carbocycles. The van der Waals surface area contributed by atoms with E-state index in [1.165, 1.54) is 5.56 Å². The van der Waals surface area contributed by atoms with E-state index in [1.54, 1.807) is 12.1 Å². The highest BCUT2D eigenvalue weighted by atomic mass is 16.2. The zero-order valence-electron chi connectivity index (χ0n) is 13.6. The number of aryl methyl sites for hydroxylation is 1. The summed E-state index contributed by atoms with van der Waals surface area (Å²) in [6, 6.07) is 19.6. The Morgan fingerprint density at radius 2 is 1.70 bits per heavy atom. The van der Waals surface area contributed by atoms with Gasteiger partial charge in [-0.2, -0.15) is 0 Å². The first-order valence-corrected chi connectivity index (χ1v) is 7.90. The van der Waals surface area contributed by atoms with Gasteiger partial charge in [-0.1, -0.05) is 54.6 Å². The number of hydrogen-bond donors (Lipinski definition) is 2. The third-order valence-corrected chi connectivity index (χ3v) is 3.92. The predicted molar refractivity (Wildman–Crippen MR) is 95.0 cm³/mol. The second-order valence-electron chi connectivity index (χ2n) is 5.98. The van der Waals surface area contributed by atoms with E-state index in [9.17, 15) is 4.79 Å². The summed E-state index contributed by atoms with van der Waals surface area (Å²) in [5.41, 5.74) is 7.72. The van der Waals surface area contributed by atoms with E-state index in [-0.39, 0.29) is 11.4 Å². The number of rotatable bonds is 8. The second-order valence-corrected chi connectivity index (χ2v) is 5.98. The van der Waals surface area contributed by atoms with Crippen molar-refractivity contribution in [1.29, 1.82) is 0 Å². The molecule has 1 amide bonds.